The number of amides is 1. The first-order valence-electron chi connectivity index (χ1n) is 10.5. The lowest BCUT2D eigenvalue weighted by Crippen LogP contribution is -2.36. The van der Waals surface area contributed by atoms with Gasteiger partial charge in [0.05, 0.1) is 28.6 Å². The molecule has 0 spiro atoms. The van der Waals surface area contributed by atoms with Crippen molar-refractivity contribution in [2.24, 2.45) is 0 Å². The van der Waals surface area contributed by atoms with Gasteiger partial charge in [-0.3, -0.25) is 4.79 Å². The van der Waals surface area contributed by atoms with Gasteiger partial charge >= 0.3 is 0 Å². The fraction of sp³-hybridized carbons (Fsp3) is 0.409. The number of pyridine rings is 1. The third kappa shape index (κ3) is 4.20. The second-order valence-electron chi connectivity index (χ2n) is 8.11. The fourth-order valence-corrected chi connectivity index (χ4v) is 5.44. The van der Waals surface area contributed by atoms with E-state index in [2.05, 4.69) is 10.4 Å². The van der Waals surface area contributed by atoms with E-state index < -0.39 is 10.0 Å². The molecule has 164 valence electrons. The van der Waals surface area contributed by atoms with Crippen molar-refractivity contribution in [1.82, 2.24) is 24.4 Å². The SMILES string of the molecule is Cc1ccccc1-c1cc(C(=O)NCCN2CCCS2(=O)=O)c2cnn(C(C)C)c2n1. The summed E-state index contributed by atoms with van der Waals surface area (Å²) in [6, 6.07) is 9.80. The Morgan fingerprint density at radius 1 is 1.26 bits per heavy atom. The highest BCUT2D eigenvalue weighted by molar-refractivity contribution is 7.89. The highest BCUT2D eigenvalue weighted by atomic mass is 32.2. The van der Waals surface area contributed by atoms with Crippen molar-refractivity contribution >= 4 is 27.0 Å². The molecular weight excluding hydrogens is 414 g/mol. The molecule has 31 heavy (non-hydrogen) atoms. The Hall–Kier alpha value is -2.78. The van der Waals surface area contributed by atoms with Crippen LogP contribution in [-0.4, -0.2) is 58.8 Å². The molecule has 1 saturated heterocycles. The van der Waals surface area contributed by atoms with Gasteiger partial charge in [0.25, 0.3) is 5.91 Å². The standard InChI is InChI=1S/C22H27N5O3S/c1-15(2)27-21-19(14-24-27)18(13-20(25-21)17-8-5-4-7-16(17)3)22(28)23-9-11-26-10-6-12-31(26,29)30/h4-5,7-8,13-15H,6,9-12H2,1-3H3,(H,23,28). The molecule has 1 fully saturated rings. The number of aromatic nitrogens is 3. The van der Waals surface area contributed by atoms with E-state index in [0.29, 0.717) is 35.3 Å². The predicted octanol–water partition coefficient (Wildman–Crippen LogP) is 2.75. The molecule has 1 N–H and O–H groups in total. The van der Waals surface area contributed by atoms with Crippen LogP contribution in [0.25, 0.3) is 22.3 Å². The van der Waals surface area contributed by atoms with Gasteiger partial charge in [-0.1, -0.05) is 24.3 Å². The van der Waals surface area contributed by atoms with Crippen molar-refractivity contribution < 1.29 is 13.2 Å². The average molecular weight is 442 g/mol. The number of nitrogens with one attached hydrogen (secondary N) is 1. The molecule has 0 saturated carbocycles. The number of rotatable bonds is 6. The van der Waals surface area contributed by atoms with Crippen LogP contribution >= 0.6 is 0 Å². The van der Waals surface area contributed by atoms with Gasteiger partial charge in [-0.2, -0.15) is 5.10 Å². The third-order valence-corrected chi connectivity index (χ3v) is 7.53. The lowest BCUT2D eigenvalue weighted by Gasteiger charge is -2.15. The van der Waals surface area contributed by atoms with E-state index in [9.17, 15) is 13.2 Å². The second kappa shape index (κ2) is 8.39. The Morgan fingerprint density at radius 2 is 2.03 bits per heavy atom. The molecule has 0 unspecified atom stereocenters. The molecule has 3 aromatic rings. The zero-order chi connectivity index (χ0) is 22.2. The number of aryl methyl sites for hydroxylation is 1. The minimum Gasteiger partial charge on any atom is -0.351 e. The molecule has 0 radical (unpaired) electrons. The maximum atomic E-state index is 13.1. The first-order valence-corrected chi connectivity index (χ1v) is 12.1. The van der Waals surface area contributed by atoms with Gasteiger partial charge in [0.1, 0.15) is 0 Å². The van der Waals surface area contributed by atoms with Gasteiger partial charge in [-0.05, 0) is 38.8 Å². The first-order chi connectivity index (χ1) is 14.8. The number of fused-ring (bicyclic) bond motifs is 1. The van der Waals surface area contributed by atoms with E-state index in [1.54, 1.807) is 12.3 Å². The summed E-state index contributed by atoms with van der Waals surface area (Å²) in [4.78, 5) is 17.9. The lowest BCUT2D eigenvalue weighted by molar-refractivity contribution is 0.0953. The molecule has 0 aliphatic carbocycles. The number of benzene rings is 1. The van der Waals surface area contributed by atoms with Crippen LogP contribution in [0, 0.1) is 6.92 Å². The van der Waals surface area contributed by atoms with Gasteiger partial charge in [0.15, 0.2) is 5.65 Å². The summed E-state index contributed by atoms with van der Waals surface area (Å²) >= 11 is 0. The minimum atomic E-state index is -3.18. The molecule has 4 rings (SSSR count). The van der Waals surface area contributed by atoms with Gasteiger partial charge in [0.2, 0.25) is 10.0 Å². The molecule has 8 nitrogen and oxygen atoms in total. The van der Waals surface area contributed by atoms with E-state index in [0.717, 1.165) is 11.1 Å². The maximum Gasteiger partial charge on any atom is 0.252 e. The highest BCUT2D eigenvalue weighted by Gasteiger charge is 2.27. The van der Waals surface area contributed by atoms with Crippen LogP contribution in [-0.2, 0) is 10.0 Å². The largest absolute Gasteiger partial charge is 0.351 e. The summed E-state index contributed by atoms with van der Waals surface area (Å²) in [5.41, 5.74) is 3.87. The zero-order valence-corrected chi connectivity index (χ0v) is 18.8. The summed E-state index contributed by atoms with van der Waals surface area (Å²) in [5, 5.41) is 8.00. The molecule has 0 bridgehead atoms. The molecule has 9 heteroatoms. The van der Waals surface area contributed by atoms with Gasteiger partial charge in [-0.25, -0.2) is 22.4 Å². The maximum absolute atomic E-state index is 13.1. The first kappa shape index (κ1) is 21.5. The lowest BCUT2D eigenvalue weighted by atomic mass is 10.0. The van der Waals surface area contributed by atoms with Gasteiger partial charge in [-0.15, -0.1) is 0 Å². The Balaban J connectivity index is 1.67. The van der Waals surface area contributed by atoms with Crippen LogP contribution in [0.1, 0.15) is 42.2 Å². The Bertz CT molecular complexity index is 1230. The molecular formula is C22H27N5O3S. The Morgan fingerprint density at radius 3 is 2.71 bits per heavy atom. The number of hydrogen-bond donors (Lipinski definition) is 1. The molecule has 0 atom stereocenters. The average Bonchev–Trinajstić information content (AvgIpc) is 3.30. The van der Waals surface area contributed by atoms with Crippen molar-refractivity contribution in [2.75, 3.05) is 25.4 Å². The van der Waals surface area contributed by atoms with Crippen LogP contribution in [0.15, 0.2) is 36.5 Å². The number of sulfonamides is 1. The van der Waals surface area contributed by atoms with Crippen LogP contribution < -0.4 is 5.32 Å². The second-order valence-corrected chi connectivity index (χ2v) is 10.2. The highest BCUT2D eigenvalue weighted by Crippen LogP contribution is 2.28. The van der Waals surface area contributed by atoms with Gasteiger partial charge < -0.3 is 5.32 Å². The Kier molecular flexibility index (Phi) is 5.81. The quantitative estimate of drug-likeness (QED) is 0.634. The van der Waals surface area contributed by atoms with Crippen molar-refractivity contribution in [3.8, 4) is 11.3 Å². The summed E-state index contributed by atoms with van der Waals surface area (Å²) in [5.74, 6) is -0.0813. The number of nitrogens with zero attached hydrogens (tertiary/aromatic N) is 4. The van der Waals surface area contributed by atoms with Crippen LogP contribution in [0.3, 0.4) is 0 Å². The molecule has 1 aromatic carbocycles. The molecule has 2 aromatic heterocycles. The van der Waals surface area contributed by atoms with Crippen molar-refractivity contribution in [3.05, 3.63) is 47.7 Å². The molecule has 3 heterocycles. The van der Waals surface area contributed by atoms with E-state index in [-0.39, 0.29) is 30.8 Å². The summed E-state index contributed by atoms with van der Waals surface area (Å²) in [6.45, 7) is 7.08. The summed E-state index contributed by atoms with van der Waals surface area (Å²) in [7, 11) is -3.18. The fourth-order valence-electron chi connectivity index (χ4n) is 3.91. The minimum absolute atomic E-state index is 0.0911. The van der Waals surface area contributed by atoms with E-state index in [1.165, 1.54) is 4.31 Å². The van der Waals surface area contributed by atoms with Crippen molar-refractivity contribution in [1.29, 1.82) is 0 Å². The third-order valence-electron chi connectivity index (χ3n) is 5.57. The monoisotopic (exact) mass is 441 g/mol. The Labute approximate surface area is 182 Å². The summed E-state index contributed by atoms with van der Waals surface area (Å²) in [6.07, 6.45) is 2.30. The van der Waals surface area contributed by atoms with Crippen LogP contribution in [0.4, 0.5) is 0 Å². The molecule has 1 aliphatic heterocycles. The topological polar surface area (TPSA) is 97.2 Å². The van der Waals surface area contributed by atoms with Gasteiger partial charge in [0, 0.05) is 31.2 Å². The van der Waals surface area contributed by atoms with E-state index in [1.807, 2.05) is 49.7 Å². The smallest absolute Gasteiger partial charge is 0.252 e. The summed E-state index contributed by atoms with van der Waals surface area (Å²) < 4.78 is 27.2. The number of carbonyl (C=O) groups is 1. The van der Waals surface area contributed by atoms with Crippen LogP contribution in [0.2, 0.25) is 0 Å². The predicted molar refractivity (Wildman–Crippen MR) is 120 cm³/mol. The number of carbonyl (C=O) groups excluding carboxylic acids is 1. The molecule has 1 aliphatic rings. The van der Waals surface area contributed by atoms with E-state index in [4.69, 9.17) is 4.98 Å². The molecule has 1 amide bonds. The number of hydrogen-bond acceptors (Lipinski definition) is 5. The van der Waals surface area contributed by atoms with E-state index >= 15 is 0 Å². The van der Waals surface area contributed by atoms with Crippen molar-refractivity contribution in [3.63, 3.8) is 0 Å². The zero-order valence-electron chi connectivity index (χ0n) is 18.0. The van der Waals surface area contributed by atoms with Crippen molar-refractivity contribution in [2.45, 2.75) is 33.2 Å². The van der Waals surface area contributed by atoms with Crippen LogP contribution in [0.5, 0.6) is 0 Å². The normalized spacial score (nSPS) is 16.3.